The number of aromatic nitrogens is 3. The Morgan fingerprint density at radius 2 is 2.19 bits per heavy atom. The fourth-order valence-electron chi connectivity index (χ4n) is 1.60. The van der Waals surface area contributed by atoms with Gasteiger partial charge in [0.15, 0.2) is 0 Å². The fraction of sp³-hybridized carbons (Fsp3) is 0.364. The van der Waals surface area contributed by atoms with Gasteiger partial charge in [-0.1, -0.05) is 0 Å². The van der Waals surface area contributed by atoms with E-state index in [1.54, 1.807) is 17.5 Å². The van der Waals surface area contributed by atoms with E-state index >= 15 is 0 Å². The molecule has 2 aromatic rings. The van der Waals surface area contributed by atoms with Gasteiger partial charge in [0, 0.05) is 24.0 Å². The molecule has 0 saturated heterocycles. The van der Waals surface area contributed by atoms with Gasteiger partial charge in [0.1, 0.15) is 0 Å². The smallest absolute Gasteiger partial charge is 0.0943 e. The van der Waals surface area contributed by atoms with Crippen molar-refractivity contribution in [2.45, 2.75) is 26.3 Å². The van der Waals surface area contributed by atoms with Crippen molar-refractivity contribution in [3.05, 3.63) is 39.6 Å². The van der Waals surface area contributed by atoms with Crippen LogP contribution >= 0.6 is 11.3 Å². The largest absolute Gasteiger partial charge is 0.324 e. The minimum atomic E-state index is -0.0552. The molecule has 16 heavy (non-hydrogen) atoms. The Labute approximate surface area is 98.6 Å². The molecule has 0 aromatic carbocycles. The summed E-state index contributed by atoms with van der Waals surface area (Å²) in [5.41, 5.74) is 9.01. The Kier molecular flexibility index (Phi) is 3.26. The van der Waals surface area contributed by atoms with Gasteiger partial charge >= 0.3 is 0 Å². The molecule has 0 aliphatic rings. The second-order valence-corrected chi connectivity index (χ2v) is 4.74. The summed E-state index contributed by atoms with van der Waals surface area (Å²) in [6, 6.07) is 1.95. The van der Waals surface area contributed by atoms with E-state index in [0.717, 1.165) is 28.4 Å². The molecule has 0 spiro atoms. The number of thiazole rings is 1. The Morgan fingerprint density at radius 1 is 1.38 bits per heavy atom. The molecular formula is C11H14N4S. The van der Waals surface area contributed by atoms with Gasteiger partial charge < -0.3 is 5.73 Å². The highest BCUT2D eigenvalue weighted by Gasteiger charge is 2.12. The van der Waals surface area contributed by atoms with Gasteiger partial charge in [-0.2, -0.15) is 10.2 Å². The highest BCUT2D eigenvalue weighted by atomic mass is 32.1. The zero-order valence-electron chi connectivity index (χ0n) is 9.34. The standard InChI is InChI=1S/C11H14N4S/c1-7-5-9(8(2)15-14-7)10(12)6-11-13-3-4-16-11/h3-5,10H,6,12H2,1-2H3. The lowest BCUT2D eigenvalue weighted by Crippen LogP contribution is -2.16. The minimum absolute atomic E-state index is 0.0552. The highest BCUT2D eigenvalue weighted by Crippen LogP contribution is 2.19. The van der Waals surface area contributed by atoms with Crippen LogP contribution in [0.25, 0.3) is 0 Å². The van der Waals surface area contributed by atoms with E-state index in [4.69, 9.17) is 5.73 Å². The first kappa shape index (κ1) is 11.2. The topological polar surface area (TPSA) is 64.7 Å². The van der Waals surface area contributed by atoms with Crippen LogP contribution in [0.5, 0.6) is 0 Å². The normalized spacial score (nSPS) is 12.7. The molecule has 1 unspecified atom stereocenters. The second kappa shape index (κ2) is 4.67. The molecule has 5 heteroatoms. The lowest BCUT2D eigenvalue weighted by molar-refractivity contribution is 0.697. The predicted octanol–water partition coefficient (Wildman–Crippen LogP) is 1.79. The molecule has 0 radical (unpaired) electrons. The average Bonchev–Trinajstić information content (AvgIpc) is 2.74. The first-order valence-corrected chi connectivity index (χ1v) is 5.99. The summed E-state index contributed by atoms with van der Waals surface area (Å²) in [4.78, 5) is 4.24. The molecule has 4 nitrogen and oxygen atoms in total. The van der Waals surface area contributed by atoms with E-state index in [-0.39, 0.29) is 6.04 Å². The van der Waals surface area contributed by atoms with Crippen LogP contribution in [0.3, 0.4) is 0 Å². The van der Waals surface area contributed by atoms with Gasteiger partial charge in [-0.3, -0.25) is 0 Å². The molecule has 0 aliphatic heterocycles. The number of hydrogen-bond donors (Lipinski definition) is 1. The van der Waals surface area contributed by atoms with Crippen molar-refractivity contribution < 1.29 is 0 Å². The van der Waals surface area contributed by atoms with Crippen LogP contribution in [-0.2, 0) is 6.42 Å². The van der Waals surface area contributed by atoms with Crippen LogP contribution in [0.1, 0.15) is 28.0 Å². The van der Waals surface area contributed by atoms with Gasteiger partial charge in [0.25, 0.3) is 0 Å². The predicted molar refractivity (Wildman–Crippen MR) is 64.3 cm³/mol. The summed E-state index contributed by atoms with van der Waals surface area (Å²) >= 11 is 1.63. The van der Waals surface area contributed by atoms with Gasteiger partial charge in [0.2, 0.25) is 0 Å². The van der Waals surface area contributed by atoms with Crippen molar-refractivity contribution in [1.82, 2.24) is 15.2 Å². The van der Waals surface area contributed by atoms with Gasteiger partial charge in [0.05, 0.1) is 16.4 Å². The summed E-state index contributed by atoms with van der Waals surface area (Å²) in [6.07, 6.45) is 2.55. The minimum Gasteiger partial charge on any atom is -0.324 e. The Hall–Kier alpha value is -1.33. The molecule has 2 aromatic heterocycles. The van der Waals surface area contributed by atoms with Crippen LogP contribution in [0, 0.1) is 13.8 Å². The van der Waals surface area contributed by atoms with E-state index < -0.39 is 0 Å². The maximum absolute atomic E-state index is 6.15. The molecule has 1 atom stereocenters. The first-order valence-electron chi connectivity index (χ1n) is 5.11. The van der Waals surface area contributed by atoms with Gasteiger partial charge in [-0.25, -0.2) is 4.98 Å². The number of rotatable bonds is 3. The van der Waals surface area contributed by atoms with Crippen LogP contribution in [0.2, 0.25) is 0 Å². The maximum Gasteiger partial charge on any atom is 0.0943 e. The first-order chi connectivity index (χ1) is 7.66. The molecule has 0 amide bonds. The number of aryl methyl sites for hydroxylation is 2. The summed E-state index contributed by atoms with van der Waals surface area (Å²) in [6.45, 7) is 3.86. The van der Waals surface area contributed by atoms with Crippen LogP contribution < -0.4 is 5.73 Å². The third-order valence-electron chi connectivity index (χ3n) is 2.42. The molecule has 2 rings (SSSR count). The lowest BCUT2D eigenvalue weighted by atomic mass is 10.0. The number of nitrogens with zero attached hydrogens (tertiary/aromatic N) is 3. The van der Waals surface area contributed by atoms with E-state index in [1.807, 2.05) is 25.3 Å². The molecule has 0 bridgehead atoms. The van der Waals surface area contributed by atoms with Crippen LogP contribution in [-0.4, -0.2) is 15.2 Å². The van der Waals surface area contributed by atoms with Crippen molar-refractivity contribution in [2.75, 3.05) is 0 Å². The van der Waals surface area contributed by atoms with Crippen molar-refractivity contribution in [3.63, 3.8) is 0 Å². The zero-order chi connectivity index (χ0) is 11.5. The van der Waals surface area contributed by atoms with Crippen molar-refractivity contribution in [3.8, 4) is 0 Å². The molecule has 2 heterocycles. The third kappa shape index (κ3) is 2.43. The van der Waals surface area contributed by atoms with Crippen molar-refractivity contribution >= 4 is 11.3 Å². The number of hydrogen-bond acceptors (Lipinski definition) is 5. The highest BCUT2D eigenvalue weighted by molar-refractivity contribution is 7.09. The molecule has 84 valence electrons. The SMILES string of the molecule is Cc1cc(C(N)Cc2nccs2)c(C)nn1. The van der Waals surface area contributed by atoms with E-state index in [2.05, 4.69) is 15.2 Å². The lowest BCUT2D eigenvalue weighted by Gasteiger charge is -2.12. The summed E-state index contributed by atoms with van der Waals surface area (Å²) in [7, 11) is 0. The van der Waals surface area contributed by atoms with Crippen LogP contribution in [0.4, 0.5) is 0 Å². The van der Waals surface area contributed by atoms with Crippen molar-refractivity contribution in [1.29, 1.82) is 0 Å². The Bertz CT molecular complexity index is 467. The quantitative estimate of drug-likeness (QED) is 0.879. The Balaban J connectivity index is 2.20. The summed E-state index contributed by atoms with van der Waals surface area (Å²) in [5.74, 6) is 0. The molecule has 0 fully saturated rings. The molecule has 0 aliphatic carbocycles. The van der Waals surface area contributed by atoms with Gasteiger partial charge in [-0.05, 0) is 25.5 Å². The summed E-state index contributed by atoms with van der Waals surface area (Å²) in [5, 5.41) is 11.1. The maximum atomic E-state index is 6.15. The third-order valence-corrected chi connectivity index (χ3v) is 3.22. The van der Waals surface area contributed by atoms with Gasteiger partial charge in [-0.15, -0.1) is 11.3 Å². The van der Waals surface area contributed by atoms with Crippen molar-refractivity contribution in [2.24, 2.45) is 5.73 Å². The van der Waals surface area contributed by atoms with E-state index in [1.165, 1.54) is 0 Å². The molecule has 0 saturated carbocycles. The fourth-order valence-corrected chi connectivity index (χ4v) is 2.27. The zero-order valence-corrected chi connectivity index (χ0v) is 10.2. The molecular weight excluding hydrogens is 220 g/mol. The average molecular weight is 234 g/mol. The van der Waals surface area contributed by atoms with E-state index in [9.17, 15) is 0 Å². The molecule has 2 N–H and O–H groups in total. The van der Waals surface area contributed by atoms with Crippen LogP contribution in [0.15, 0.2) is 17.6 Å². The monoisotopic (exact) mass is 234 g/mol. The second-order valence-electron chi connectivity index (χ2n) is 3.76. The van der Waals surface area contributed by atoms with E-state index in [0.29, 0.717) is 0 Å². The number of nitrogens with two attached hydrogens (primary N) is 1. The Morgan fingerprint density at radius 3 is 2.88 bits per heavy atom. The summed E-state index contributed by atoms with van der Waals surface area (Å²) < 4.78 is 0.